The number of amides is 1. The van der Waals surface area contributed by atoms with Gasteiger partial charge < -0.3 is 19.3 Å². The van der Waals surface area contributed by atoms with Gasteiger partial charge in [-0.3, -0.25) is 4.79 Å². The Labute approximate surface area is 205 Å². The molecule has 3 heterocycles. The molecule has 1 saturated heterocycles. The van der Waals surface area contributed by atoms with Gasteiger partial charge in [-0.1, -0.05) is 18.2 Å². The molecule has 1 aromatic heterocycles. The van der Waals surface area contributed by atoms with Crippen LogP contribution in [0, 0.1) is 6.92 Å². The van der Waals surface area contributed by atoms with Crippen LogP contribution in [0.25, 0.3) is 0 Å². The largest absolute Gasteiger partial charge is 0.490 e. The summed E-state index contributed by atoms with van der Waals surface area (Å²) < 4.78 is 36.0. The monoisotopic (exact) mass is 493 g/mol. The molecule has 0 radical (unpaired) electrons. The fourth-order valence-corrected chi connectivity index (χ4v) is 5.47. The van der Waals surface area contributed by atoms with Gasteiger partial charge in [0.15, 0.2) is 14.9 Å². The number of likely N-dealkylation sites (tertiary alicyclic amines) is 1. The van der Waals surface area contributed by atoms with Gasteiger partial charge in [-0.05, 0) is 42.8 Å². The zero-order valence-electron chi connectivity index (χ0n) is 19.7. The summed E-state index contributed by atoms with van der Waals surface area (Å²) in [6.07, 6.45) is 3.39. The molecule has 35 heavy (non-hydrogen) atoms. The van der Waals surface area contributed by atoms with Gasteiger partial charge in [-0.25, -0.2) is 13.4 Å². The lowest BCUT2D eigenvalue weighted by atomic mass is 10.2. The summed E-state index contributed by atoms with van der Waals surface area (Å²) in [6.45, 7) is 4.02. The van der Waals surface area contributed by atoms with E-state index in [0.717, 1.165) is 29.8 Å². The smallest absolute Gasteiger partial charge is 0.253 e. The molecule has 0 spiro atoms. The van der Waals surface area contributed by atoms with Crippen molar-refractivity contribution in [2.75, 3.05) is 37.4 Å². The average molecular weight is 494 g/mol. The average Bonchev–Trinajstić information content (AvgIpc) is 3.31. The van der Waals surface area contributed by atoms with Gasteiger partial charge in [-0.15, -0.1) is 0 Å². The van der Waals surface area contributed by atoms with Crippen LogP contribution < -0.4 is 14.4 Å². The maximum absolute atomic E-state index is 12.8. The molecule has 5 rings (SSSR count). The summed E-state index contributed by atoms with van der Waals surface area (Å²) in [5.41, 5.74) is 2.90. The second kappa shape index (κ2) is 9.22. The number of nitrogens with zero attached hydrogens (tertiary/aromatic N) is 3. The maximum atomic E-state index is 12.8. The SMILES string of the molecule is Cc1cc(N2CCOc3ccc(O[C@H]4CCN(C(=O)c5ccccc5)C4)cc32)cnc1S(C)(=O)=O. The van der Waals surface area contributed by atoms with Crippen LogP contribution in [0.15, 0.2) is 65.8 Å². The highest BCUT2D eigenvalue weighted by Crippen LogP contribution is 2.40. The molecule has 0 saturated carbocycles. The molecule has 2 aliphatic rings. The Bertz CT molecular complexity index is 1360. The first-order valence-electron chi connectivity index (χ1n) is 11.5. The number of hydrogen-bond donors (Lipinski definition) is 0. The molecule has 1 fully saturated rings. The van der Waals surface area contributed by atoms with E-state index >= 15 is 0 Å². The van der Waals surface area contributed by atoms with Crippen molar-refractivity contribution in [3.05, 3.63) is 71.9 Å². The molecule has 1 amide bonds. The van der Waals surface area contributed by atoms with Gasteiger partial charge in [0.2, 0.25) is 0 Å². The minimum absolute atomic E-state index is 0.0159. The second-order valence-corrected chi connectivity index (χ2v) is 10.8. The Balaban J connectivity index is 1.33. The molecule has 1 atom stereocenters. The van der Waals surface area contributed by atoms with Gasteiger partial charge in [0.05, 0.1) is 30.7 Å². The first-order chi connectivity index (χ1) is 16.8. The zero-order valence-corrected chi connectivity index (χ0v) is 20.5. The number of carbonyl (C=O) groups is 1. The van der Waals surface area contributed by atoms with Gasteiger partial charge in [-0.2, -0.15) is 0 Å². The van der Waals surface area contributed by atoms with Crippen LogP contribution >= 0.6 is 0 Å². The van der Waals surface area contributed by atoms with Gasteiger partial charge >= 0.3 is 0 Å². The van der Waals surface area contributed by atoms with Crippen LogP contribution in [0.3, 0.4) is 0 Å². The van der Waals surface area contributed by atoms with E-state index in [1.54, 1.807) is 13.1 Å². The van der Waals surface area contributed by atoms with Crippen LogP contribution in [0.4, 0.5) is 11.4 Å². The third kappa shape index (κ3) is 4.81. The summed E-state index contributed by atoms with van der Waals surface area (Å²) in [5, 5.41) is 0.0858. The van der Waals surface area contributed by atoms with E-state index in [4.69, 9.17) is 9.47 Å². The highest BCUT2D eigenvalue weighted by Gasteiger charge is 2.29. The second-order valence-electron chi connectivity index (χ2n) is 8.86. The Morgan fingerprint density at radius 1 is 1.11 bits per heavy atom. The molecule has 0 aliphatic carbocycles. The first kappa shape index (κ1) is 23.2. The minimum atomic E-state index is -3.39. The van der Waals surface area contributed by atoms with Crippen LogP contribution in [0.5, 0.6) is 11.5 Å². The van der Waals surface area contributed by atoms with E-state index in [1.165, 1.54) is 0 Å². The van der Waals surface area contributed by atoms with E-state index < -0.39 is 9.84 Å². The Morgan fingerprint density at radius 2 is 1.91 bits per heavy atom. The molecule has 3 aromatic rings. The van der Waals surface area contributed by atoms with Crippen LogP contribution in [-0.2, 0) is 9.84 Å². The topological polar surface area (TPSA) is 89.0 Å². The van der Waals surface area contributed by atoms with Crippen molar-refractivity contribution in [3.8, 4) is 11.5 Å². The molecule has 182 valence electrons. The summed E-state index contributed by atoms with van der Waals surface area (Å²) in [5.74, 6) is 1.43. The molecule has 9 heteroatoms. The molecule has 0 N–H and O–H groups in total. The Morgan fingerprint density at radius 3 is 2.66 bits per heavy atom. The molecular formula is C26H27N3O5S. The number of benzene rings is 2. The fraction of sp³-hybridized carbons (Fsp3) is 0.308. The number of aromatic nitrogens is 1. The van der Waals surface area contributed by atoms with Crippen molar-refractivity contribution < 1.29 is 22.7 Å². The number of sulfone groups is 1. The number of anilines is 2. The van der Waals surface area contributed by atoms with Crippen LogP contribution in [-0.4, -0.2) is 62.8 Å². The standard InChI is InChI=1S/C26H27N3O5S/c1-18-14-20(16-27-25(18)35(2,31)32)29-12-13-33-24-9-8-21(15-23(24)29)34-22-10-11-28(17-22)26(30)19-6-4-3-5-7-19/h3-9,14-16,22H,10-13,17H2,1-2H3/t22-/m0/s1. The summed E-state index contributed by atoms with van der Waals surface area (Å²) in [7, 11) is -3.39. The third-order valence-electron chi connectivity index (χ3n) is 6.23. The quantitative estimate of drug-likeness (QED) is 0.536. The van der Waals surface area contributed by atoms with Crippen molar-refractivity contribution in [2.24, 2.45) is 0 Å². The fourth-order valence-electron chi connectivity index (χ4n) is 4.59. The normalized spacial score (nSPS) is 17.6. The van der Waals surface area contributed by atoms with Gasteiger partial charge in [0.1, 0.15) is 24.2 Å². The maximum Gasteiger partial charge on any atom is 0.253 e. The highest BCUT2D eigenvalue weighted by molar-refractivity contribution is 7.90. The van der Waals surface area contributed by atoms with E-state index in [2.05, 4.69) is 9.88 Å². The van der Waals surface area contributed by atoms with Gasteiger partial charge in [0, 0.05) is 30.9 Å². The first-order valence-corrected chi connectivity index (χ1v) is 13.4. The number of carbonyl (C=O) groups excluding carboxylic acids is 1. The van der Waals surface area contributed by atoms with Crippen LogP contribution in [0.2, 0.25) is 0 Å². The lowest BCUT2D eigenvalue weighted by Gasteiger charge is -2.32. The number of aryl methyl sites for hydroxylation is 1. The Hall–Kier alpha value is -3.59. The number of ether oxygens (including phenoxy) is 2. The molecule has 8 nitrogen and oxygen atoms in total. The number of hydrogen-bond acceptors (Lipinski definition) is 7. The van der Waals surface area contributed by atoms with Crippen molar-refractivity contribution >= 4 is 27.1 Å². The van der Waals surface area contributed by atoms with E-state index in [0.29, 0.717) is 43.1 Å². The summed E-state index contributed by atoms with van der Waals surface area (Å²) in [4.78, 5) is 20.8. The highest BCUT2D eigenvalue weighted by atomic mass is 32.2. The van der Waals surface area contributed by atoms with Crippen LogP contribution in [0.1, 0.15) is 22.3 Å². The number of pyridine rings is 1. The molecule has 2 aromatic carbocycles. The predicted octanol–water partition coefficient (Wildman–Crippen LogP) is 3.62. The van der Waals surface area contributed by atoms with Gasteiger partial charge in [0.25, 0.3) is 5.91 Å². The summed E-state index contributed by atoms with van der Waals surface area (Å²) >= 11 is 0. The third-order valence-corrected chi connectivity index (χ3v) is 7.36. The number of rotatable bonds is 5. The van der Waals surface area contributed by atoms with Crippen molar-refractivity contribution in [1.29, 1.82) is 0 Å². The van der Waals surface area contributed by atoms with E-state index in [9.17, 15) is 13.2 Å². The van der Waals surface area contributed by atoms with Crippen molar-refractivity contribution in [3.63, 3.8) is 0 Å². The minimum Gasteiger partial charge on any atom is -0.490 e. The van der Waals surface area contributed by atoms with Crippen molar-refractivity contribution in [2.45, 2.75) is 24.5 Å². The van der Waals surface area contributed by atoms with E-state index in [-0.39, 0.29) is 17.0 Å². The lowest BCUT2D eigenvalue weighted by molar-refractivity contribution is 0.0772. The zero-order chi connectivity index (χ0) is 24.6. The molecule has 0 bridgehead atoms. The number of fused-ring (bicyclic) bond motifs is 1. The molecule has 0 unspecified atom stereocenters. The van der Waals surface area contributed by atoms with E-state index in [1.807, 2.05) is 59.5 Å². The predicted molar refractivity (Wildman–Crippen MR) is 132 cm³/mol. The molecular weight excluding hydrogens is 466 g/mol. The molecule has 2 aliphatic heterocycles. The Kier molecular flexibility index (Phi) is 6.10. The lowest BCUT2D eigenvalue weighted by Crippen LogP contribution is -2.31. The summed E-state index contributed by atoms with van der Waals surface area (Å²) in [6, 6.07) is 16.8. The van der Waals surface area contributed by atoms with Crippen molar-refractivity contribution in [1.82, 2.24) is 9.88 Å².